The normalized spacial score (nSPS) is 13.2. The number of hydrogen-bond donors (Lipinski definition) is 1. The van der Waals surface area contributed by atoms with E-state index in [1.165, 1.54) is 12.1 Å². The van der Waals surface area contributed by atoms with Gasteiger partial charge in [0.15, 0.2) is 0 Å². The van der Waals surface area contributed by atoms with Gasteiger partial charge in [0.1, 0.15) is 0 Å². The summed E-state index contributed by atoms with van der Waals surface area (Å²) in [6.07, 6.45) is -0.991. The van der Waals surface area contributed by atoms with E-state index in [0.29, 0.717) is 5.56 Å². The van der Waals surface area contributed by atoms with Crippen LogP contribution >= 0.6 is 0 Å². The average Bonchev–Trinajstić information content (AvgIpc) is 2.41. The van der Waals surface area contributed by atoms with Crippen molar-refractivity contribution in [2.45, 2.75) is 19.1 Å². The van der Waals surface area contributed by atoms with Crippen LogP contribution in [0.5, 0.6) is 0 Å². The number of aromatic nitrogens is 1. The molecule has 1 heterocycles. The average molecular weight is 280 g/mol. The molecule has 1 aromatic heterocycles. The summed E-state index contributed by atoms with van der Waals surface area (Å²) >= 11 is 0. The molecule has 5 heteroatoms. The fourth-order valence-electron chi connectivity index (χ4n) is 2.20. The van der Waals surface area contributed by atoms with Crippen LogP contribution in [0.25, 0.3) is 0 Å². The van der Waals surface area contributed by atoms with Gasteiger partial charge in [-0.3, -0.25) is 4.98 Å². The zero-order chi connectivity index (χ0) is 14.8. The Labute approximate surface area is 115 Å². The minimum absolute atomic E-state index is 0.291. The molecule has 0 aliphatic rings. The Hall–Kier alpha value is -1.88. The lowest BCUT2D eigenvalue weighted by atomic mass is 9.95. The van der Waals surface area contributed by atoms with Gasteiger partial charge in [0.05, 0.1) is 11.6 Å². The molecule has 0 bridgehead atoms. The first-order valence-electron chi connectivity index (χ1n) is 6.18. The number of halogens is 3. The van der Waals surface area contributed by atoms with E-state index in [9.17, 15) is 13.2 Å². The zero-order valence-corrected chi connectivity index (χ0v) is 11.2. The molecule has 1 atom stereocenters. The second-order valence-electron chi connectivity index (χ2n) is 4.58. The van der Waals surface area contributed by atoms with E-state index in [2.05, 4.69) is 10.3 Å². The quantitative estimate of drug-likeness (QED) is 0.927. The van der Waals surface area contributed by atoms with E-state index >= 15 is 0 Å². The topological polar surface area (TPSA) is 24.9 Å². The fraction of sp³-hybridized carbons (Fsp3) is 0.267. The maximum Gasteiger partial charge on any atom is 0.416 e. The van der Waals surface area contributed by atoms with E-state index in [4.69, 9.17) is 0 Å². The van der Waals surface area contributed by atoms with Crippen LogP contribution in [0.2, 0.25) is 0 Å². The number of aryl methyl sites for hydroxylation is 1. The van der Waals surface area contributed by atoms with Gasteiger partial charge in [-0.1, -0.05) is 12.1 Å². The van der Waals surface area contributed by atoms with Crippen molar-refractivity contribution in [3.63, 3.8) is 0 Å². The van der Waals surface area contributed by atoms with Crippen molar-refractivity contribution in [2.75, 3.05) is 7.05 Å². The summed E-state index contributed by atoms with van der Waals surface area (Å²) in [5.41, 5.74) is 1.80. The van der Waals surface area contributed by atoms with Gasteiger partial charge >= 0.3 is 6.18 Å². The molecule has 0 aliphatic heterocycles. The van der Waals surface area contributed by atoms with Gasteiger partial charge in [-0.25, -0.2) is 0 Å². The molecule has 0 saturated heterocycles. The second kappa shape index (κ2) is 5.63. The van der Waals surface area contributed by atoms with Gasteiger partial charge in [0.25, 0.3) is 0 Å². The highest BCUT2D eigenvalue weighted by atomic mass is 19.4. The van der Waals surface area contributed by atoms with Gasteiger partial charge < -0.3 is 5.32 Å². The van der Waals surface area contributed by atoms with Crippen LogP contribution in [0.4, 0.5) is 13.2 Å². The molecule has 0 fully saturated rings. The summed E-state index contributed by atoms with van der Waals surface area (Å²) in [6.45, 7) is 1.89. The van der Waals surface area contributed by atoms with Gasteiger partial charge in [-0.05, 0) is 48.9 Å². The number of hydrogen-bond acceptors (Lipinski definition) is 2. The largest absolute Gasteiger partial charge is 0.416 e. The van der Waals surface area contributed by atoms with Crippen LogP contribution in [0.1, 0.15) is 28.3 Å². The molecule has 0 radical (unpaired) electrons. The van der Waals surface area contributed by atoms with Crippen molar-refractivity contribution < 1.29 is 13.2 Å². The number of nitrogens with one attached hydrogen (secondary N) is 1. The van der Waals surface area contributed by atoms with E-state index in [0.717, 1.165) is 17.2 Å². The van der Waals surface area contributed by atoms with Crippen LogP contribution in [0.15, 0.2) is 42.7 Å². The lowest BCUT2D eigenvalue weighted by Gasteiger charge is -2.20. The van der Waals surface area contributed by atoms with Crippen molar-refractivity contribution in [3.8, 4) is 0 Å². The maximum atomic E-state index is 12.8. The van der Waals surface area contributed by atoms with E-state index in [1.807, 2.05) is 13.0 Å². The molecule has 0 spiro atoms. The minimum atomic E-state index is -4.33. The van der Waals surface area contributed by atoms with Crippen molar-refractivity contribution in [3.05, 3.63) is 65.0 Å². The standard InChI is InChI=1S/C15H15F3N2/c1-10-9-20-7-6-13(10)14(19-2)11-4-3-5-12(8-11)15(16,17)18/h3-9,14,19H,1-2H3. The second-order valence-corrected chi connectivity index (χ2v) is 4.58. The summed E-state index contributed by atoms with van der Waals surface area (Å²) in [5.74, 6) is 0. The summed E-state index contributed by atoms with van der Waals surface area (Å²) in [4.78, 5) is 4.00. The Kier molecular flexibility index (Phi) is 4.09. The first-order valence-corrected chi connectivity index (χ1v) is 6.18. The van der Waals surface area contributed by atoms with Crippen LogP contribution in [0, 0.1) is 6.92 Å². The lowest BCUT2D eigenvalue weighted by molar-refractivity contribution is -0.137. The number of nitrogens with zero attached hydrogens (tertiary/aromatic N) is 1. The summed E-state index contributed by atoms with van der Waals surface area (Å²) in [5, 5.41) is 3.06. The molecule has 2 aromatic rings. The Balaban J connectivity index is 2.46. The number of alkyl halides is 3. The molecule has 1 unspecified atom stereocenters. The van der Waals surface area contributed by atoms with Crippen LogP contribution in [0.3, 0.4) is 0 Å². The van der Waals surface area contributed by atoms with Gasteiger partial charge in [0, 0.05) is 12.4 Å². The predicted molar refractivity (Wildman–Crippen MR) is 71.3 cm³/mol. The van der Waals surface area contributed by atoms with Crippen molar-refractivity contribution in [1.29, 1.82) is 0 Å². The molecule has 2 nitrogen and oxygen atoms in total. The minimum Gasteiger partial charge on any atom is -0.309 e. The summed E-state index contributed by atoms with van der Waals surface area (Å²) in [7, 11) is 1.73. The third-order valence-electron chi connectivity index (χ3n) is 3.21. The van der Waals surface area contributed by atoms with E-state index in [1.54, 1.807) is 25.5 Å². The Morgan fingerprint density at radius 1 is 1.20 bits per heavy atom. The molecule has 2 rings (SSSR count). The molecule has 1 N–H and O–H groups in total. The molecule has 0 amide bonds. The van der Waals surface area contributed by atoms with E-state index in [-0.39, 0.29) is 6.04 Å². The number of benzene rings is 1. The third-order valence-corrected chi connectivity index (χ3v) is 3.21. The molecular formula is C15H15F3N2. The first kappa shape index (κ1) is 14.5. The molecule has 1 aromatic carbocycles. The number of rotatable bonds is 3. The Morgan fingerprint density at radius 3 is 2.55 bits per heavy atom. The molecular weight excluding hydrogens is 265 g/mol. The van der Waals surface area contributed by atoms with Gasteiger partial charge in [-0.15, -0.1) is 0 Å². The van der Waals surface area contributed by atoms with Crippen molar-refractivity contribution in [1.82, 2.24) is 10.3 Å². The monoisotopic (exact) mass is 280 g/mol. The molecule has 0 saturated carbocycles. The SMILES string of the molecule is CNC(c1cccc(C(F)(F)F)c1)c1ccncc1C. The van der Waals surface area contributed by atoms with Gasteiger partial charge in [-0.2, -0.15) is 13.2 Å². The lowest BCUT2D eigenvalue weighted by Crippen LogP contribution is -2.19. The van der Waals surface area contributed by atoms with Crippen LogP contribution in [-0.4, -0.2) is 12.0 Å². The van der Waals surface area contributed by atoms with Crippen LogP contribution < -0.4 is 5.32 Å². The highest BCUT2D eigenvalue weighted by Gasteiger charge is 2.31. The first-order chi connectivity index (χ1) is 9.43. The Bertz CT molecular complexity index is 594. The maximum absolute atomic E-state index is 12.8. The fourth-order valence-corrected chi connectivity index (χ4v) is 2.20. The Morgan fingerprint density at radius 2 is 1.95 bits per heavy atom. The third kappa shape index (κ3) is 2.99. The van der Waals surface area contributed by atoms with Gasteiger partial charge in [0.2, 0.25) is 0 Å². The molecule has 0 aliphatic carbocycles. The molecule has 106 valence electrons. The predicted octanol–water partition coefficient (Wildman–Crippen LogP) is 3.72. The summed E-state index contributed by atoms with van der Waals surface area (Å²) in [6, 6.07) is 6.91. The van der Waals surface area contributed by atoms with E-state index < -0.39 is 11.7 Å². The highest BCUT2D eigenvalue weighted by molar-refractivity contribution is 5.37. The van der Waals surface area contributed by atoms with Crippen LogP contribution in [-0.2, 0) is 6.18 Å². The van der Waals surface area contributed by atoms with Crippen molar-refractivity contribution in [2.24, 2.45) is 0 Å². The van der Waals surface area contributed by atoms with Crippen molar-refractivity contribution >= 4 is 0 Å². The molecule has 20 heavy (non-hydrogen) atoms. The number of pyridine rings is 1. The summed E-state index contributed by atoms with van der Waals surface area (Å²) < 4.78 is 38.4. The highest BCUT2D eigenvalue weighted by Crippen LogP contribution is 2.32. The zero-order valence-electron chi connectivity index (χ0n) is 11.2. The smallest absolute Gasteiger partial charge is 0.309 e.